The van der Waals surface area contributed by atoms with Crippen molar-refractivity contribution in [3.05, 3.63) is 0 Å². The Bertz CT molecular complexity index is 166. The van der Waals surface area contributed by atoms with Crippen molar-refractivity contribution in [2.24, 2.45) is 0 Å². The Morgan fingerprint density at radius 1 is 1.31 bits per heavy atom. The van der Waals surface area contributed by atoms with E-state index in [0.717, 1.165) is 19.4 Å². The van der Waals surface area contributed by atoms with E-state index in [1.807, 2.05) is 0 Å². The molecule has 2 aliphatic heterocycles. The molecule has 13 heavy (non-hydrogen) atoms. The monoisotopic (exact) mass is 201 g/mol. The number of aliphatic hydroxyl groups is 1. The summed E-state index contributed by atoms with van der Waals surface area (Å²) in [6.45, 7) is 1.01. The molecular formula is C10H19NOS. The van der Waals surface area contributed by atoms with Gasteiger partial charge in [-0.2, -0.15) is 11.8 Å². The lowest BCUT2D eigenvalue weighted by Gasteiger charge is -2.40. The minimum absolute atomic E-state index is 0.0515. The van der Waals surface area contributed by atoms with Gasteiger partial charge in [-0.25, -0.2) is 0 Å². The summed E-state index contributed by atoms with van der Waals surface area (Å²) >= 11 is 2.06. The highest BCUT2D eigenvalue weighted by atomic mass is 32.2. The highest BCUT2D eigenvalue weighted by Gasteiger charge is 2.35. The topological polar surface area (TPSA) is 32.3 Å². The molecule has 0 aromatic rings. The Kier molecular flexibility index (Phi) is 3.17. The first-order valence-electron chi connectivity index (χ1n) is 5.32. The van der Waals surface area contributed by atoms with E-state index in [4.69, 9.17) is 0 Å². The normalized spacial score (nSPS) is 41.8. The van der Waals surface area contributed by atoms with E-state index in [1.165, 1.54) is 30.8 Å². The molecule has 2 heterocycles. The average Bonchev–Trinajstić information content (AvgIpc) is 2.31. The third-order valence-electron chi connectivity index (χ3n) is 3.27. The smallest absolute Gasteiger partial charge is 0.0569 e. The van der Waals surface area contributed by atoms with E-state index < -0.39 is 0 Å². The summed E-state index contributed by atoms with van der Waals surface area (Å²) in [5.74, 6) is 2.57. The minimum atomic E-state index is -0.0515. The van der Waals surface area contributed by atoms with E-state index in [0.29, 0.717) is 5.54 Å². The van der Waals surface area contributed by atoms with Gasteiger partial charge in [-0.3, -0.25) is 0 Å². The number of aliphatic hydroxyl groups excluding tert-OH is 1. The molecule has 2 aliphatic rings. The van der Waals surface area contributed by atoms with Gasteiger partial charge in [0, 0.05) is 5.54 Å². The van der Waals surface area contributed by atoms with Crippen molar-refractivity contribution in [2.75, 3.05) is 18.1 Å². The van der Waals surface area contributed by atoms with Gasteiger partial charge in [-0.1, -0.05) is 0 Å². The van der Waals surface area contributed by atoms with Crippen molar-refractivity contribution in [3.8, 4) is 0 Å². The number of thioether (sulfide) groups is 1. The van der Waals surface area contributed by atoms with Crippen LogP contribution in [0.4, 0.5) is 0 Å². The average molecular weight is 201 g/mol. The maximum Gasteiger partial charge on any atom is 0.0569 e. The number of nitrogens with one attached hydrogen (secondary N) is 1. The van der Waals surface area contributed by atoms with E-state index in [9.17, 15) is 5.11 Å². The first-order valence-corrected chi connectivity index (χ1v) is 6.47. The van der Waals surface area contributed by atoms with Crippen LogP contribution in [0.5, 0.6) is 0 Å². The molecule has 76 valence electrons. The molecule has 0 radical (unpaired) electrons. The van der Waals surface area contributed by atoms with Gasteiger partial charge in [0.1, 0.15) is 0 Å². The molecule has 0 aliphatic carbocycles. The van der Waals surface area contributed by atoms with Gasteiger partial charge in [-0.15, -0.1) is 0 Å². The zero-order valence-electron chi connectivity index (χ0n) is 8.09. The van der Waals surface area contributed by atoms with Crippen LogP contribution in [0.15, 0.2) is 0 Å². The summed E-state index contributed by atoms with van der Waals surface area (Å²) in [7, 11) is 0. The van der Waals surface area contributed by atoms with Gasteiger partial charge < -0.3 is 10.4 Å². The van der Waals surface area contributed by atoms with Crippen LogP contribution >= 0.6 is 11.8 Å². The third-order valence-corrected chi connectivity index (χ3v) is 4.34. The molecule has 2 atom stereocenters. The van der Waals surface area contributed by atoms with Crippen LogP contribution in [-0.2, 0) is 0 Å². The molecule has 0 bridgehead atoms. The lowest BCUT2D eigenvalue weighted by atomic mass is 9.81. The summed E-state index contributed by atoms with van der Waals surface area (Å²) < 4.78 is 0. The molecule has 2 nitrogen and oxygen atoms in total. The van der Waals surface area contributed by atoms with Crippen molar-refractivity contribution >= 4 is 11.8 Å². The Morgan fingerprint density at radius 2 is 2.23 bits per heavy atom. The van der Waals surface area contributed by atoms with Gasteiger partial charge >= 0.3 is 0 Å². The van der Waals surface area contributed by atoms with Crippen LogP contribution in [-0.4, -0.2) is 34.8 Å². The van der Waals surface area contributed by atoms with Crippen LogP contribution < -0.4 is 5.32 Å². The lowest BCUT2D eigenvalue weighted by molar-refractivity contribution is 0.0717. The summed E-state index contributed by atoms with van der Waals surface area (Å²) in [5.41, 5.74) is 0.293. The molecule has 1 spiro atoms. The van der Waals surface area contributed by atoms with Crippen molar-refractivity contribution in [1.29, 1.82) is 0 Å². The molecular weight excluding hydrogens is 182 g/mol. The van der Waals surface area contributed by atoms with E-state index >= 15 is 0 Å². The molecule has 0 aromatic heterocycles. The SMILES string of the molecule is OC1CCNC2(CCCSCC2)C1. The maximum atomic E-state index is 9.67. The van der Waals surface area contributed by atoms with Crippen molar-refractivity contribution in [3.63, 3.8) is 0 Å². The van der Waals surface area contributed by atoms with Gasteiger partial charge in [0.25, 0.3) is 0 Å². The fraction of sp³-hybridized carbons (Fsp3) is 1.00. The Hall–Kier alpha value is 0.270. The number of hydrogen-bond acceptors (Lipinski definition) is 3. The predicted octanol–water partition coefficient (Wildman–Crippen LogP) is 1.39. The Balaban J connectivity index is 1.99. The molecule has 2 saturated heterocycles. The second-order valence-electron chi connectivity index (χ2n) is 4.32. The van der Waals surface area contributed by atoms with Crippen molar-refractivity contribution < 1.29 is 5.11 Å². The van der Waals surface area contributed by atoms with Crippen molar-refractivity contribution in [2.45, 2.75) is 43.7 Å². The number of piperidine rings is 1. The van der Waals surface area contributed by atoms with Crippen LogP contribution in [0.3, 0.4) is 0 Å². The molecule has 2 unspecified atom stereocenters. The molecule has 2 rings (SSSR count). The zero-order chi connectivity index (χ0) is 9.15. The van der Waals surface area contributed by atoms with E-state index in [-0.39, 0.29) is 6.10 Å². The van der Waals surface area contributed by atoms with Crippen molar-refractivity contribution in [1.82, 2.24) is 5.32 Å². The molecule has 2 N–H and O–H groups in total. The highest BCUT2D eigenvalue weighted by molar-refractivity contribution is 7.99. The van der Waals surface area contributed by atoms with Gasteiger partial charge in [-0.05, 0) is 50.2 Å². The minimum Gasteiger partial charge on any atom is -0.393 e. The van der Waals surface area contributed by atoms with Crippen LogP contribution in [0, 0.1) is 0 Å². The second kappa shape index (κ2) is 4.20. The summed E-state index contributed by atoms with van der Waals surface area (Å²) in [6, 6.07) is 0. The number of hydrogen-bond donors (Lipinski definition) is 2. The summed E-state index contributed by atoms with van der Waals surface area (Å²) in [5, 5.41) is 13.3. The molecule has 0 amide bonds. The molecule has 0 aromatic carbocycles. The van der Waals surface area contributed by atoms with Gasteiger partial charge in [0.2, 0.25) is 0 Å². The maximum absolute atomic E-state index is 9.67. The largest absolute Gasteiger partial charge is 0.393 e. The van der Waals surface area contributed by atoms with Crippen LogP contribution in [0.1, 0.15) is 32.1 Å². The quantitative estimate of drug-likeness (QED) is 0.621. The Labute approximate surface area is 84.5 Å². The second-order valence-corrected chi connectivity index (χ2v) is 5.54. The Morgan fingerprint density at radius 3 is 3.08 bits per heavy atom. The zero-order valence-corrected chi connectivity index (χ0v) is 8.91. The van der Waals surface area contributed by atoms with E-state index in [1.54, 1.807) is 0 Å². The molecule has 2 fully saturated rings. The van der Waals surface area contributed by atoms with Gasteiger partial charge in [0.15, 0.2) is 0 Å². The predicted molar refractivity (Wildman–Crippen MR) is 57.2 cm³/mol. The fourth-order valence-corrected chi connectivity index (χ4v) is 3.60. The van der Waals surface area contributed by atoms with Crippen LogP contribution in [0.25, 0.3) is 0 Å². The third kappa shape index (κ3) is 2.39. The molecule has 3 heteroatoms. The number of rotatable bonds is 0. The first-order chi connectivity index (χ1) is 6.31. The summed E-state index contributed by atoms with van der Waals surface area (Å²) in [4.78, 5) is 0. The first kappa shape index (κ1) is 9.81. The summed E-state index contributed by atoms with van der Waals surface area (Å²) in [6.07, 6.45) is 5.68. The molecule has 0 saturated carbocycles. The highest BCUT2D eigenvalue weighted by Crippen LogP contribution is 2.32. The van der Waals surface area contributed by atoms with Crippen LogP contribution in [0.2, 0.25) is 0 Å². The van der Waals surface area contributed by atoms with Gasteiger partial charge in [0.05, 0.1) is 6.10 Å². The standard InChI is InChI=1S/C10H19NOS/c12-9-2-5-11-10(8-9)3-1-6-13-7-4-10/h9,11-12H,1-8H2. The lowest BCUT2D eigenvalue weighted by Crippen LogP contribution is -2.52. The fourth-order valence-electron chi connectivity index (χ4n) is 2.52. The van der Waals surface area contributed by atoms with E-state index in [2.05, 4.69) is 17.1 Å².